The second-order valence-electron chi connectivity index (χ2n) is 2.14. The maximum atomic E-state index is 10.7. The number of hydrogen-bond donors (Lipinski definition) is 2. The van der Waals surface area contributed by atoms with Crippen LogP contribution in [0.5, 0.6) is 0 Å². The van der Waals surface area contributed by atoms with Gasteiger partial charge in [-0.2, -0.15) is 0 Å². The molecule has 0 aliphatic rings. The van der Waals surface area contributed by atoms with Crippen LogP contribution in [0.15, 0.2) is 0 Å². The van der Waals surface area contributed by atoms with Crippen molar-refractivity contribution in [1.29, 1.82) is 0 Å². The van der Waals surface area contributed by atoms with E-state index in [9.17, 15) is 4.79 Å². The average molecular weight is 165 g/mol. The molecule has 0 heterocycles. The Hall–Kier alpha value is -0.120. The van der Waals surface area contributed by atoms with E-state index < -0.39 is 6.04 Å². The number of carbonyl (C=O) groups excluding carboxylic acids is 1. The van der Waals surface area contributed by atoms with Crippen LogP contribution in [0.25, 0.3) is 0 Å². The normalized spacial score (nSPS) is 13.1. The molecule has 0 aromatic carbocycles. The van der Waals surface area contributed by atoms with Gasteiger partial charge in [0.25, 0.3) is 0 Å². The quantitative estimate of drug-likeness (QED) is 0.556. The Morgan fingerprint density at radius 1 is 1.60 bits per heavy atom. The Labute approximate surface area is 65.7 Å². The number of rotatable bonds is 5. The van der Waals surface area contributed by atoms with Crippen molar-refractivity contribution in [3.05, 3.63) is 0 Å². The molecule has 0 bridgehead atoms. The molecule has 0 rings (SSSR count). The summed E-state index contributed by atoms with van der Waals surface area (Å²) in [6.07, 6.45) is 1.42. The topological polar surface area (TPSA) is 69.1 Å². The molecule has 0 aromatic heterocycles. The molecule has 0 aliphatic carbocycles. The first kappa shape index (κ1) is 9.88. The molecule has 0 aromatic rings. The Balaban J connectivity index is 3.41. The van der Waals surface area contributed by atoms with Crippen LogP contribution < -0.4 is 11.5 Å². The number of Topliss-reactive ketones (excluding diaryl/α,β-unsaturated/α-hetero) is 1. The Bertz CT molecular complexity index is 108. The first-order valence-electron chi connectivity index (χ1n) is 3.26. The molecule has 1 atom stereocenters. The molecule has 0 amide bonds. The largest absolute Gasteiger partial charge is 0.330 e. The molecule has 10 heavy (non-hydrogen) atoms. The molecule has 0 saturated heterocycles. The van der Waals surface area contributed by atoms with Crippen LogP contribution in [-0.4, -0.2) is 24.2 Å². The number of alkyl halides is 1. The van der Waals surface area contributed by atoms with Crippen molar-refractivity contribution in [2.45, 2.75) is 18.9 Å². The lowest BCUT2D eigenvalue weighted by Gasteiger charge is -2.05. The molecule has 0 radical (unpaired) electrons. The summed E-state index contributed by atoms with van der Waals surface area (Å²) in [6.45, 7) is 0.573. The van der Waals surface area contributed by atoms with Gasteiger partial charge in [-0.3, -0.25) is 4.79 Å². The van der Waals surface area contributed by atoms with Crippen LogP contribution in [0, 0.1) is 0 Å². The zero-order chi connectivity index (χ0) is 7.98. The fourth-order valence-corrected chi connectivity index (χ4v) is 0.796. The molecular formula is C6H13ClN2O. The maximum Gasteiger partial charge on any atom is 0.164 e. The van der Waals surface area contributed by atoms with E-state index in [0.717, 1.165) is 6.42 Å². The van der Waals surface area contributed by atoms with E-state index in [1.54, 1.807) is 0 Å². The van der Waals surface area contributed by atoms with Crippen LogP contribution >= 0.6 is 11.6 Å². The Kier molecular flexibility index (Phi) is 5.58. The van der Waals surface area contributed by atoms with Gasteiger partial charge in [-0.05, 0) is 19.4 Å². The van der Waals surface area contributed by atoms with Crippen molar-refractivity contribution in [3.8, 4) is 0 Å². The number of nitrogens with two attached hydrogens (primary N) is 2. The highest BCUT2D eigenvalue weighted by Crippen LogP contribution is 1.95. The Morgan fingerprint density at radius 2 is 2.20 bits per heavy atom. The van der Waals surface area contributed by atoms with Crippen molar-refractivity contribution >= 4 is 17.4 Å². The predicted molar refractivity (Wildman–Crippen MR) is 42.0 cm³/mol. The minimum Gasteiger partial charge on any atom is -0.330 e. The van der Waals surface area contributed by atoms with Gasteiger partial charge < -0.3 is 11.5 Å². The average Bonchev–Trinajstić information content (AvgIpc) is 1.98. The third-order valence-electron chi connectivity index (χ3n) is 1.26. The number of hydrogen-bond acceptors (Lipinski definition) is 3. The van der Waals surface area contributed by atoms with Gasteiger partial charge in [0.1, 0.15) is 0 Å². The first-order valence-corrected chi connectivity index (χ1v) is 3.80. The highest BCUT2D eigenvalue weighted by molar-refractivity contribution is 6.28. The van der Waals surface area contributed by atoms with Gasteiger partial charge in [0.2, 0.25) is 0 Å². The lowest BCUT2D eigenvalue weighted by molar-refractivity contribution is -0.118. The molecule has 0 fully saturated rings. The summed E-state index contributed by atoms with van der Waals surface area (Å²) in [7, 11) is 0. The molecule has 3 nitrogen and oxygen atoms in total. The van der Waals surface area contributed by atoms with Crippen LogP contribution in [0.1, 0.15) is 12.8 Å². The minimum atomic E-state index is -0.416. The summed E-state index contributed by atoms with van der Waals surface area (Å²) in [5.41, 5.74) is 10.6. The third kappa shape index (κ3) is 3.82. The summed E-state index contributed by atoms with van der Waals surface area (Å²) in [4.78, 5) is 10.7. The van der Waals surface area contributed by atoms with Gasteiger partial charge >= 0.3 is 0 Å². The van der Waals surface area contributed by atoms with Crippen molar-refractivity contribution < 1.29 is 4.79 Å². The lowest BCUT2D eigenvalue weighted by atomic mass is 10.1. The second kappa shape index (κ2) is 5.65. The highest BCUT2D eigenvalue weighted by Gasteiger charge is 2.10. The lowest BCUT2D eigenvalue weighted by Crippen LogP contribution is -2.31. The number of ketones is 1. The summed E-state index contributed by atoms with van der Waals surface area (Å²) in [6, 6.07) is -0.416. The van der Waals surface area contributed by atoms with Gasteiger partial charge in [0.15, 0.2) is 5.78 Å². The summed E-state index contributed by atoms with van der Waals surface area (Å²) >= 11 is 5.26. The van der Waals surface area contributed by atoms with E-state index in [1.165, 1.54) is 0 Å². The van der Waals surface area contributed by atoms with E-state index in [2.05, 4.69) is 0 Å². The van der Waals surface area contributed by atoms with E-state index in [4.69, 9.17) is 23.1 Å². The first-order chi connectivity index (χ1) is 4.72. The van der Waals surface area contributed by atoms with E-state index in [1.807, 2.05) is 0 Å². The molecule has 0 aliphatic heterocycles. The van der Waals surface area contributed by atoms with Crippen LogP contribution in [-0.2, 0) is 4.79 Å². The second-order valence-corrected chi connectivity index (χ2v) is 2.40. The highest BCUT2D eigenvalue weighted by atomic mass is 35.5. The Morgan fingerprint density at radius 3 is 2.60 bits per heavy atom. The van der Waals surface area contributed by atoms with Crippen LogP contribution in [0.3, 0.4) is 0 Å². The number of carbonyl (C=O) groups is 1. The molecule has 0 saturated carbocycles. The molecule has 4 N–H and O–H groups in total. The van der Waals surface area contributed by atoms with Crippen molar-refractivity contribution in [1.82, 2.24) is 0 Å². The fourth-order valence-electron chi connectivity index (χ4n) is 0.598. The van der Waals surface area contributed by atoms with Crippen LogP contribution in [0.2, 0.25) is 0 Å². The van der Waals surface area contributed by atoms with Gasteiger partial charge in [-0.1, -0.05) is 0 Å². The van der Waals surface area contributed by atoms with Gasteiger partial charge in [0, 0.05) is 0 Å². The van der Waals surface area contributed by atoms with Crippen molar-refractivity contribution in [2.24, 2.45) is 11.5 Å². The molecule has 1 unspecified atom stereocenters. The SMILES string of the molecule is NCCCC(N)C(=O)CCl. The maximum absolute atomic E-state index is 10.7. The summed E-state index contributed by atoms with van der Waals surface area (Å²) < 4.78 is 0. The van der Waals surface area contributed by atoms with E-state index >= 15 is 0 Å². The van der Waals surface area contributed by atoms with Gasteiger partial charge in [-0.25, -0.2) is 0 Å². The standard InChI is InChI=1S/C6H13ClN2O/c7-4-6(10)5(9)2-1-3-8/h5H,1-4,8-9H2. The van der Waals surface area contributed by atoms with Crippen molar-refractivity contribution in [3.63, 3.8) is 0 Å². The monoisotopic (exact) mass is 164 g/mol. The molecule has 0 spiro atoms. The molecule has 60 valence electrons. The third-order valence-corrected chi connectivity index (χ3v) is 1.53. The predicted octanol–water partition coefficient (Wildman–Crippen LogP) is -0.139. The summed E-state index contributed by atoms with van der Waals surface area (Å²) in [5, 5.41) is 0. The smallest absolute Gasteiger partial charge is 0.164 e. The minimum absolute atomic E-state index is 0.00569. The summed E-state index contributed by atoms with van der Waals surface area (Å²) in [5.74, 6) is -0.0961. The van der Waals surface area contributed by atoms with E-state index in [0.29, 0.717) is 13.0 Å². The molecular weight excluding hydrogens is 152 g/mol. The number of halogens is 1. The van der Waals surface area contributed by atoms with Gasteiger partial charge in [-0.15, -0.1) is 11.6 Å². The zero-order valence-corrected chi connectivity index (χ0v) is 6.60. The van der Waals surface area contributed by atoms with Gasteiger partial charge in [0.05, 0.1) is 11.9 Å². The van der Waals surface area contributed by atoms with E-state index in [-0.39, 0.29) is 11.7 Å². The van der Waals surface area contributed by atoms with Crippen molar-refractivity contribution in [2.75, 3.05) is 12.4 Å². The molecule has 4 heteroatoms. The fraction of sp³-hybridized carbons (Fsp3) is 0.833. The zero-order valence-electron chi connectivity index (χ0n) is 5.85. The van der Waals surface area contributed by atoms with Crippen LogP contribution in [0.4, 0.5) is 0 Å².